The molecule has 0 spiro atoms. The Bertz CT molecular complexity index is 1260. The maximum atomic E-state index is 15.1. The van der Waals surface area contributed by atoms with Gasteiger partial charge in [0.15, 0.2) is 6.67 Å². The number of rotatable bonds is 3. The van der Waals surface area contributed by atoms with Gasteiger partial charge in [-0.3, -0.25) is 19.3 Å². The van der Waals surface area contributed by atoms with Crippen LogP contribution in [0, 0.1) is 62.6 Å². The van der Waals surface area contributed by atoms with Crippen molar-refractivity contribution < 1.29 is 47.6 Å². The second-order valence-electron chi connectivity index (χ2n) is 19.2. The lowest BCUT2D eigenvalue weighted by atomic mass is 9.32. The lowest BCUT2D eigenvalue weighted by Crippen LogP contribution is -3.00. The van der Waals surface area contributed by atoms with Crippen LogP contribution in [0.3, 0.4) is 0 Å². The van der Waals surface area contributed by atoms with E-state index >= 15 is 4.79 Å². The molecule has 0 aromatic heterocycles. The third-order valence-electron chi connectivity index (χ3n) is 17.1. The Morgan fingerprint density at radius 3 is 2.11 bits per heavy atom. The van der Waals surface area contributed by atoms with Gasteiger partial charge in [-0.1, -0.05) is 34.6 Å². The number of piperidine rings is 1. The molecule has 1 amide bonds. The number of ketones is 1. The third-order valence-corrected chi connectivity index (χ3v) is 17.1. The maximum absolute atomic E-state index is 15.1. The summed E-state index contributed by atoms with van der Waals surface area (Å²) in [5, 5.41) is 0. The normalized spacial score (nSPS) is 50.5. The van der Waals surface area contributed by atoms with Crippen molar-refractivity contribution in [2.75, 3.05) is 33.4 Å². The number of ether oxygens (including phenoxy) is 1. The number of carbonyl (C=O) groups excluding carboxylic acids is 3. The molecule has 10 atom stereocenters. The summed E-state index contributed by atoms with van der Waals surface area (Å²) in [6.07, 6.45) is 13.1. The molecule has 7 heteroatoms. The van der Waals surface area contributed by atoms with Gasteiger partial charge < -0.3 is 33.2 Å². The van der Waals surface area contributed by atoms with Crippen LogP contribution in [0.4, 0.5) is 0 Å². The van der Waals surface area contributed by atoms with Crippen LogP contribution < -0.4 is 24.0 Å². The molecular formula is C39H63IN2O4. The van der Waals surface area contributed by atoms with Crippen LogP contribution in [-0.2, 0) is 19.1 Å². The average molecular weight is 751 g/mol. The van der Waals surface area contributed by atoms with Crippen LogP contribution >= 0.6 is 0 Å². The fourth-order valence-electron chi connectivity index (χ4n) is 14.6. The summed E-state index contributed by atoms with van der Waals surface area (Å²) in [5.74, 6) is 3.01. The molecule has 46 heavy (non-hydrogen) atoms. The zero-order valence-electron chi connectivity index (χ0n) is 30.3. The molecule has 8 fully saturated rings. The molecule has 2 bridgehead atoms. The number of hydrogen-bond acceptors (Lipinski definition) is 4. The molecule has 5 saturated carbocycles. The minimum atomic E-state index is -0.362. The highest BCUT2D eigenvalue weighted by Crippen LogP contribution is 2.77. The van der Waals surface area contributed by atoms with Gasteiger partial charge in [0.1, 0.15) is 11.9 Å². The molecule has 3 heterocycles. The number of Topliss-reactive ketones (excluding diaryl/α,β-unsaturated/α-hetero) is 1. The van der Waals surface area contributed by atoms with Crippen LogP contribution in [0.5, 0.6) is 0 Å². The van der Waals surface area contributed by atoms with Crippen LogP contribution in [0.15, 0.2) is 0 Å². The first-order valence-electron chi connectivity index (χ1n) is 18.8. The highest BCUT2D eigenvalue weighted by atomic mass is 127. The van der Waals surface area contributed by atoms with Crippen LogP contribution in [0.25, 0.3) is 0 Å². The molecule has 5 aliphatic carbocycles. The fraction of sp³-hybridized carbons (Fsp3) is 0.923. The number of nitrogens with zero attached hydrogens (tertiary/aromatic N) is 2. The Hall–Kier alpha value is -0.700. The third kappa shape index (κ3) is 4.78. The maximum Gasteiger partial charge on any atom is 0.302 e. The first-order chi connectivity index (χ1) is 21.0. The summed E-state index contributed by atoms with van der Waals surface area (Å²) in [6.45, 7) is 20.1. The largest absolute Gasteiger partial charge is 1.00 e. The molecule has 0 aromatic carbocycles. The van der Waals surface area contributed by atoms with Crippen LogP contribution in [-0.4, -0.2) is 66.5 Å². The monoisotopic (exact) mass is 750 g/mol. The number of halogens is 1. The number of carbonyl (C=O) groups is 3. The van der Waals surface area contributed by atoms with Gasteiger partial charge in [-0.05, 0) is 117 Å². The van der Waals surface area contributed by atoms with E-state index in [9.17, 15) is 9.59 Å². The van der Waals surface area contributed by atoms with Crippen LogP contribution in [0.2, 0.25) is 0 Å². The minimum Gasteiger partial charge on any atom is -1.00 e. The Kier molecular flexibility index (Phi) is 8.72. The SMILES string of the molecule is CC(=O)O[C@H]1CC[C@]2(C)[C@H]3CC[C@H]4[C@@H]5[C@H](C(C)=O)CC[C@]5(C(=O)N5CC6CC[N+](C)(CC6)C5)CC[C@@]4(C)[C@]3(C)CC[C@H]2C1(C)C.[I-]. The number of hydrogen-bond donors (Lipinski definition) is 0. The van der Waals surface area contributed by atoms with E-state index < -0.39 is 0 Å². The summed E-state index contributed by atoms with van der Waals surface area (Å²) in [6, 6.07) is 0. The minimum absolute atomic E-state index is 0. The molecule has 8 aliphatic rings. The Morgan fingerprint density at radius 1 is 0.761 bits per heavy atom. The molecule has 0 unspecified atom stereocenters. The van der Waals surface area contributed by atoms with Gasteiger partial charge in [-0.2, -0.15) is 0 Å². The lowest BCUT2D eigenvalue weighted by Gasteiger charge is -2.72. The summed E-state index contributed by atoms with van der Waals surface area (Å²) >= 11 is 0. The first-order valence-corrected chi connectivity index (χ1v) is 18.8. The molecule has 260 valence electrons. The van der Waals surface area contributed by atoms with E-state index in [2.05, 4.69) is 46.6 Å². The highest BCUT2D eigenvalue weighted by molar-refractivity contribution is 5.87. The van der Waals surface area contributed by atoms with Gasteiger partial charge in [-0.25, -0.2) is 0 Å². The second kappa shape index (κ2) is 11.4. The van der Waals surface area contributed by atoms with E-state index in [1.807, 2.05) is 6.92 Å². The zero-order chi connectivity index (χ0) is 32.4. The van der Waals surface area contributed by atoms with E-state index in [0.717, 1.165) is 62.6 Å². The lowest BCUT2D eigenvalue weighted by molar-refractivity contribution is -0.919. The number of fused-ring (bicyclic) bond motifs is 11. The number of quaternary nitrogens is 1. The summed E-state index contributed by atoms with van der Waals surface area (Å²) in [7, 11) is 2.36. The van der Waals surface area contributed by atoms with Crippen molar-refractivity contribution >= 4 is 17.7 Å². The number of esters is 1. The molecule has 6 nitrogen and oxygen atoms in total. The smallest absolute Gasteiger partial charge is 0.302 e. The van der Waals surface area contributed by atoms with Crippen molar-refractivity contribution in [2.45, 2.75) is 132 Å². The standard InChI is InChI=1S/C39H63N2O4.HI/c1-25(42)28-11-18-39(34(44)40-23-27-14-21-41(8,24-40)22-15-27)20-19-37(6)29(33(28)39)9-10-31-36(5)16-13-32(45-26(2)43)35(3,4)30(36)12-17-38(31,37)7;/h27-33H,9-24H2,1-8H3;1H/q+1;/p-1/t27?,28-,29-,30-,31+,32-,33-,36-,37+,38+,39-,41?;/m0./s1. The van der Waals surface area contributed by atoms with Gasteiger partial charge in [0, 0.05) is 37.6 Å². The Balaban J connectivity index is 0.00000372. The number of amides is 1. The highest BCUT2D eigenvalue weighted by Gasteiger charge is 2.72. The van der Waals surface area contributed by atoms with E-state index in [1.54, 1.807) is 6.92 Å². The van der Waals surface area contributed by atoms with Crippen molar-refractivity contribution in [3.8, 4) is 0 Å². The van der Waals surface area contributed by atoms with Gasteiger partial charge in [0.05, 0.1) is 25.6 Å². The Labute approximate surface area is 296 Å². The molecule has 3 aliphatic heterocycles. The molecule has 3 saturated heterocycles. The van der Waals surface area contributed by atoms with Crippen molar-refractivity contribution in [3.63, 3.8) is 0 Å². The summed E-state index contributed by atoms with van der Waals surface area (Å²) in [5.41, 5.74) is 0.0986. The van der Waals surface area contributed by atoms with Crippen molar-refractivity contribution in [2.24, 2.45) is 62.6 Å². The van der Waals surface area contributed by atoms with Gasteiger partial charge in [0.2, 0.25) is 5.91 Å². The van der Waals surface area contributed by atoms with E-state index in [0.29, 0.717) is 35.4 Å². The zero-order valence-corrected chi connectivity index (χ0v) is 32.4. The van der Waals surface area contributed by atoms with Gasteiger partial charge >= 0.3 is 5.97 Å². The van der Waals surface area contributed by atoms with Crippen molar-refractivity contribution in [3.05, 3.63) is 0 Å². The van der Waals surface area contributed by atoms with Crippen LogP contribution in [0.1, 0.15) is 126 Å². The quantitative estimate of drug-likeness (QED) is 0.246. The first kappa shape index (κ1) is 35.1. The molecule has 0 radical (unpaired) electrons. The predicted octanol–water partition coefficient (Wildman–Crippen LogP) is 4.25. The summed E-state index contributed by atoms with van der Waals surface area (Å²) in [4.78, 5) is 42.9. The van der Waals surface area contributed by atoms with E-state index in [1.165, 1.54) is 45.2 Å². The molecule has 8 rings (SSSR count). The molecule has 0 N–H and O–H groups in total. The van der Waals surface area contributed by atoms with E-state index in [-0.39, 0.29) is 75.0 Å². The fourth-order valence-corrected chi connectivity index (χ4v) is 14.6. The van der Waals surface area contributed by atoms with Crippen molar-refractivity contribution in [1.82, 2.24) is 4.90 Å². The molecular weight excluding hydrogens is 687 g/mol. The summed E-state index contributed by atoms with van der Waals surface area (Å²) < 4.78 is 6.96. The average Bonchev–Trinajstić information content (AvgIpc) is 3.18. The Morgan fingerprint density at radius 2 is 1.46 bits per heavy atom. The second-order valence-corrected chi connectivity index (χ2v) is 19.2. The topological polar surface area (TPSA) is 63.7 Å². The van der Waals surface area contributed by atoms with Gasteiger partial charge in [0.25, 0.3) is 0 Å². The van der Waals surface area contributed by atoms with E-state index in [4.69, 9.17) is 4.74 Å². The van der Waals surface area contributed by atoms with Crippen molar-refractivity contribution in [1.29, 1.82) is 0 Å². The predicted molar refractivity (Wildman–Crippen MR) is 176 cm³/mol. The molecule has 0 aromatic rings. The van der Waals surface area contributed by atoms with Gasteiger partial charge in [-0.15, -0.1) is 0 Å².